The van der Waals surface area contributed by atoms with Crippen molar-refractivity contribution < 1.29 is 0 Å². The van der Waals surface area contributed by atoms with Crippen molar-refractivity contribution in [2.75, 3.05) is 13.6 Å². The zero-order chi connectivity index (χ0) is 13.9. The number of hydrogen-bond acceptors (Lipinski definition) is 4. The Morgan fingerprint density at radius 3 is 3.11 bits per heavy atom. The van der Waals surface area contributed by atoms with E-state index in [4.69, 9.17) is 5.73 Å². The van der Waals surface area contributed by atoms with Gasteiger partial charge in [0, 0.05) is 19.4 Å². The van der Waals surface area contributed by atoms with Crippen LogP contribution in [0.25, 0.3) is 0 Å². The molecule has 19 heavy (non-hydrogen) atoms. The fourth-order valence-corrected chi connectivity index (χ4v) is 2.90. The maximum Gasteiger partial charge on any atom is 0.122 e. The van der Waals surface area contributed by atoms with E-state index in [1.165, 1.54) is 0 Å². The van der Waals surface area contributed by atoms with Gasteiger partial charge in [-0.2, -0.15) is 5.26 Å². The van der Waals surface area contributed by atoms with Crippen LogP contribution in [0.5, 0.6) is 0 Å². The molecule has 2 rings (SSSR count). The lowest BCUT2D eigenvalue weighted by molar-refractivity contribution is 0.263. The van der Waals surface area contributed by atoms with E-state index in [-0.39, 0.29) is 0 Å². The Hall–Kier alpha value is -1.38. The normalized spacial score (nSPS) is 26.8. The van der Waals surface area contributed by atoms with Gasteiger partial charge in [-0.05, 0) is 38.8 Å². The number of nitrogens with zero attached hydrogens (tertiary/aromatic N) is 4. The molecule has 0 bridgehead atoms. The second-order valence-corrected chi connectivity index (χ2v) is 5.72. The smallest absolute Gasteiger partial charge is 0.122 e. The highest BCUT2D eigenvalue weighted by Gasteiger charge is 2.39. The first kappa shape index (κ1) is 14.0. The zero-order valence-electron chi connectivity index (χ0n) is 11.8. The number of imidazole rings is 1. The molecule has 2 atom stereocenters. The summed E-state index contributed by atoms with van der Waals surface area (Å²) < 4.78 is 2.04. The third-order valence-electron chi connectivity index (χ3n) is 4.27. The number of aromatic nitrogens is 2. The molecule has 0 radical (unpaired) electrons. The van der Waals surface area contributed by atoms with Crippen molar-refractivity contribution in [1.29, 1.82) is 5.26 Å². The van der Waals surface area contributed by atoms with E-state index in [1.54, 1.807) is 0 Å². The topological polar surface area (TPSA) is 70.9 Å². The maximum absolute atomic E-state index is 9.20. The van der Waals surface area contributed by atoms with Crippen LogP contribution in [0.3, 0.4) is 0 Å². The summed E-state index contributed by atoms with van der Waals surface area (Å²) in [6, 6.07) is 2.31. The van der Waals surface area contributed by atoms with Gasteiger partial charge in [0.2, 0.25) is 0 Å². The van der Waals surface area contributed by atoms with Crippen LogP contribution in [0.4, 0.5) is 0 Å². The predicted molar refractivity (Wildman–Crippen MR) is 74.0 cm³/mol. The number of nitrogens with two attached hydrogens (primary N) is 1. The molecule has 0 aliphatic heterocycles. The van der Waals surface area contributed by atoms with Gasteiger partial charge in [0.25, 0.3) is 0 Å². The van der Waals surface area contributed by atoms with E-state index in [2.05, 4.69) is 23.0 Å². The van der Waals surface area contributed by atoms with Crippen LogP contribution in [-0.4, -0.2) is 33.6 Å². The van der Waals surface area contributed by atoms with Gasteiger partial charge in [-0.3, -0.25) is 4.90 Å². The van der Waals surface area contributed by atoms with Gasteiger partial charge >= 0.3 is 0 Å². The van der Waals surface area contributed by atoms with Crippen LogP contribution in [0.15, 0.2) is 12.4 Å². The van der Waals surface area contributed by atoms with Crippen molar-refractivity contribution in [2.24, 2.45) is 18.7 Å². The lowest BCUT2D eigenvalue weighted by atomic mass is 9.87. The Balaban J connectivity index is 1.83. The third-order valence-corrected chi connectivity index (χ3v) is 4.27. The molecule has 1 aromatic heterocycles. The first-order valence-electron chi connectivity index (χ1n) is 6.90. The van der Waals surface area contributed by atoms with E-state index in [9.17, 15) is 5.26 Å². The molecule has 1 aliphatic carbocycles. The first-order chi connectivity index (χ1) is 9.05. The van der Waals surface area contributed by atoms with Crippen molar-refractivity contribution in [1.82, 2.24) is 14.5 Å². The van der Waals surface area contributed by atoms with Crippen molar-refractivity contribution in [3.8, 4) is 6.07 Å². The molecule has 2 unspecified atom stereocenters. The Morgan fingerprint density at radius 1 is 1.68 bits per heavy atom. The van der Waals surface area contributed by atoms with Crippen LogP contribution in [0.1, 0.15) is 31.5 Å². The summed E-state index contributed by atoms with van der Waals surface area (Å²) >= 11 is 0. The largest absolute Gasteiger partial charge is 0.337 e. The molecule has 1 aromatic rings. The van der Waals surface area contributed by atoms with E-state index < -0.39 is 5.54 Å². The summed E-state index contributed by atoms with van der Waals surface area (Å²) in [5.74, 6) is 1.40. The Labute approximate surface area is 115 Å². The van der Waals surface area contributed by atoms with Gasteiger partial charge in [-0.1, -0.05) is 6.42 Å². The monoisotopic (exact) mass is 261 g/mol. The van der Waals surface area contributed by atoms with Gasteiger partial charge in [0.05, 0.1) is 12.6 Å². The van der Waals surface area contributed by atoms with Crippen molar-refractivity contribution in [2.45, 2.75) is 37.8 Å². The minimum Gasteiger partial charge on any atom is -0.337 e. The predicted octanol–water partition coefficient (Wildman–Crippen LogP) is 1.26. The van der Waals surface area contributed by atoms with Crippen LogP contribution in [0.2, 0.25) is 0 Å². The van der Waals surface area contributed by atoms with Gasteiger partial charge < -0.3 is 10.3 Å². The summed E-state index contributed by atoms with van der Waals surface area (Å²) in [4.78, 5) is 6.57. The molecule has 104 valence electrons. The number of nitriles is 1. The summed E-state index contributed by atoms with van der Waals surface area (Å²) in [6.07, 6.45) is 7.78. The average Bonchev–Trinajstić information content (AvgIpc) is 2.95. The molecule has 0 aromatic carbocycles. The third kappa shape index (κ3) is 3.14. The summed E-state index contributed by atoms with van der Waals surface area (Å²) in [5.41, 5.74) is 5.56. The van der Waals surface area contributed by atoms with Crippen LogP contribution in [-0.2, 0) is 13.6 Å². The summed E-state index contributed by atoms with van der Waals surface area (Å²) in [5, 5.41) is 9.20. The molecule has 0 spiro atoms. The number of rotatable bonds is 5. The van der Waals surface area contributed by atoms with E-state index in [1.807, 2.05) is 24.0 Å². The van der Waals surface area contributed by atoms with Gasteiger partial charge in [-0.15, -0.1) is 0 Å². The molecule has 1 aliphatic rings. The maximum atomic E-state index is 9.20. The fourth-order valence-electron chi connectivity index (χ4n) is 2.90. The minimum absolute atomic E-state index is 0.335. The highest BCUT2D eigenvalue weighted by molar-refractivity contribution is 5.11. The molecular formula is C14H23N5. The second-order valence-electron chi connectivity index (χ2n) is 5.72. The fraction of sp³-hybridized carbons (Fsp3) is 0.714. The standard InChI is InChI=1S/C14H23N5/c1-18(10-13-17-7-9-19(13)2)8-5-12-4-3-6-14(12,16)11-15/h7,9,12H,3-6,8,10,16H2,1-2H3. The number of aryl methyl sites for hydroxylation is 1. The second kappa shape index (κ2) is 5.72. The Bertz CT molecular complexity index is 461. The van der Waals surface area contributed by atoms with Crippen molar-refractivity contribution >= 4 is 0 Å². The summed E-state index contributed by atoms with van der Waals surface area (Å²) in [6.45, 7) is 1.79. The molecular weight excluding hydrogens is 238 g/mol. The van der Waals surface area contributed by atoms with Crippen LogP contribution in [0, 0.1) is 17.2 Å². The van der Waals surface area contributed by atoms with Gasteiger partial charge in [0.1, 0.15) is 11.4 Å². The van der Waals surface area contributed by atoms with Crippen molar-refractivity contribution in [3.63, 3.8) is 0 Å². The highest BCUT2D eigenvalue weighted by atomic mass is 15.1. The van der Waals surface area contributed by atoms with Gasteiger partial charge in [-0.25, -0.2) is 4.98 Å². The molecule has 2 N–H and O–H groups in total. The number of hydrogen-bond donors (Lipinski definition) is 1. The average molecular weight is 261 g/mol. The van der Waals surface area contributed by atoms with Crippen LogP contribution < -0.4 is 5.73 Å². The zero-order valence-corrected chi connectivity index (χ0v) is 11.8. The van der Waals surface area contributed by atoms with E-state index in [0.29, 0.717) is 5.92 Å². The SMILES string of the molecule is CN(CCC1CCCC1(N)C#N)Cc1nccn1C. The molecule has 1 saturated carbocycles. The molecule has 1 heterocycles. The van der Waals surface area contributed by atoms with E-state index in [0.717, 1.165) is 44.6 Å². The Morgan fingerprint density at radius 2 is 2.47 bits per heavy atom. The quantitative estimate of drug-likeness (QED) is 0.866. The Kier molecular flexibility index (Phi) is 4.23. The minimum atomic E-state index is -0.593. The summed E-state index contributed by atoms with van der Waals surface area (Å²) in [7, 11) is 4.10. The van der Waals surface area contributed by atoms with E-state index >= 15 is 0 Å². The first-order valence-corrected chi connectivity index (χ1v) is 6.90. The van der Waals surface area contributed by atoms with Crippen LogP contribution >= 0.6 is 0 Å². The molecule has 0 amide bonds. The lowest BCUT2D eigenvalue weighted by Crippen LogP contribution is -2.42. The molecule has 1 fully saturated rings. The lowest BCUT2D eigenvalue weighted by Gasteiger charge is -2.26. The molecule has 5 heteroatoms. The highest BCUT2D eigenvalue weighted by Crippen LogP contribution is 2.35. The molecule has 5 nitrogen and oxygen atoms in total. The van der Waals surface area contributed by atoms with Crippen molar-refractivity contribution in [3.05, 3.63) is 18.2 Å². The molecule has 0 saturated heterocycles. The van der Waals surface area contributed by atoms with Gasteiger partial charge in [0.15, 0.2) is 0 Å².